The number of hydrogen-bond donors (Lipinski definition) is 2. The van der Waals surface area contributed by atoms with Crippen LogP contribution in [-0.2, 0) is 16.0 Å². The number of hydrogen-bond acceptors (Lipinski definition) is 3. The minimum absolute atomic E-state index is 0.0163. The molecular weight excluding hydrogens is 294 g/mol. The minimum atomic E-state index is -1.03. The van der Waals surface area contributed by atoms with E-state index in [4.69, 9.17) is 5.11 Å². The van der Waals surface area contributed by atoms with E-state index in [-0.39, 0.29) is 18.5 Å². The van der Waals surface area contributed by atoms with Gasteiger partial charge in [0, 0.05) is 11.6 Å². The molecule has 1 rings (SSSR count). The van der Waals surface area contributed by atoms with Gasteiger partial charge in [-0.1, -0.05) is 6.07 Å². The summed E-state index contributed by atoms with van der Waals surface area (Å²) < 4.78 is 27.1. The van der Waals surface area contributed by atoms with E-state index in [2.05, 4.69) is 5.32 Å². The van der Waals surface area contributed by atoms with Crippen molar-refractivity contribution in [1.82, 2.24) is 10.2 Å². The molecular formula is C15H20F2N2O3. The molecule has 0 heterocycles. The Labute approximate surface area is 127 Å². The number of carboxylic acids is 1. The highest BCUT2D eigenvalue weighted by Gasteiger charge is 2.20. The summed E-state index contributed by atoms with van der Waals surface area (Å²) in [6.07, 6.45) is 0.0163. The summed E-state index contributed by atoms with van der Waals surface area (Å²) >= 11 is 0. The van der Waals surface area contributed by atoms with Gasteiger partial charge in [0.15, 0.2) is 0 Å². The summed E-state index contributed by atoms with van der Waals surface area (Å²) in [7, 11) is 1.51. The molecule has 0 aliphatic rings. The molecule has 1 aromatic carbocycles. The SMILES string of the molecule is CC(Cc1c(F)cccc1F)NC(=O)CN(C)C(C)C(=O)O. The number of carbonyl (C=O) groups excluding carboxylic acids is 1. The summed E-state index contributed by atoms with van der Waals surface area (Å²) in [5, 5.41) is 11.4. The van der Waals surface area contributed by atoms with Gasteiger partial charge in [0.05, 0.1) is 6.54 Å². The Kier molecular flexibility index (Phi) is 6.42. The Morgan fingerprint density at radius 1 is 1.27 bits per heavy atom. The maximum absolute atomic E-state index is 13.5. The minimum Gasteiger partial charge on any atom is -0.480 e. The van der Waals surface area contributed by atoms with Gasteiger partial charge in [0.1, 0.15) is 17.7 Å². The van der Waals surface area contributed by atoms with Crippen molar-refractivity contribution in [3.8, 4) is 0 Å². The number of nitrogens with one attached hydrogen (secondary N) is 1. The first-order valence-electron chi connectivity index (χ1n) is 6.87. The normalized spacial score (nSPS) is 13.7. The highest BCUT2D eigenvalue weighted by Crippen LogP contribution is 2.14. The maximum Gasteiger partial charge on any atom is 0.320 e. The van der Waals surface area contributed by atoms with Gasteiger partial charge in [-0.3, -0.25) is 14.5 Å². The number of rotatable bonds is 7. The van der Waals surface area contributed by atoms with E-state index in [0.29, 0.717) is 0 Å². The van der Waals surface area contributed by atoms with Gasteiger partial charge in [-0.05, 0) is 39.4 Å². The summed E-state index contributed by atoms with van der Waals surface area (Å²) in [6, 6.07) is 2.32. The lowest BCUT2D eigenvalue weighted by Crippen LogP contribution is -2.45. The second kappa shape index (κ2) is 7.84. The lowest BCUT2D eigenvalue weighted by Gasteiger charge is -2.22. The van der Waals surface area contributed by atoms with E-state index in [1.165, 1.54) is 24.9 Å². The average molecular weight is 314 g/mol. The Morgan fingerprint density at radius 3 is 2.32 bits per heavy atom. The van der Waals surface area contributed by atoms with Crippen molar-refractivity contribution in [2.45, 2.75) is 32.4 Å². The Bertz CT molecular complexity index is 531. The van der Waals surface area contributed by atoms with Crippen LogP contribution in [0, 0.1) is 11.6 Å². The lowest BCUT2D eigenvalue weighted by molar-refractivity contribution is -0.142. The smallest absolute Gasteiger partial charge is 0.320 e. The topological polar surface area (TPSA) is 69.6 Å². The van der Waals surface area contributed by atoms with Crippen molar-refractivity contribution in [1.29, 1.82) is 0 Å². The van der Waals surface area contributed by atoms with Crippen molar-refractivity contribution < 1.29 is 23.5 Å². The maximum atomic E-state index is 13.5. The molecule has 2 unspecified atom stereocenters. The molecule has 5 nitrogen and oxygen atoms in total. The predicted octanol–water partition coefficient (Wildman–Crippen LogP) is 1.42. The van der Waals surface area contributed by atoms with E-state index in [1.54, 1.807) is 6.92 Å². The number of carboxylic acid groups (broad SMARTS) is 1. The fourth-order valence-electron chi connectivity index (χ4n) is 1.96. The molecule has 122 valence electrons. The third-order valence-electron chi connectivity index (χ3n) is 3.39. The number of nitrogens with zero attached hydrogens (tertiary/aromatic N) is 1. The van der Waals surface area contributed by atoms with Gasteiger partial charge in [0.2, 0.25) is 5.91 Å². The molecule has 7 heteroatoms. The molecule has 0 fully saturated rings. The number of halogens is 2. The van der Waals surface area contributed by atoms with E-state index in [0.717, 1.165) is 12.1 Å². The second-order valence-electron chi connectivity index (χ2n) is 5.30. The predicted molar refractivity (Wildman–Crippen MR) is 77.4 cm³/mol. The number of benzene rings is 1. The molecule has 2 N–H and O–H groups in total. The number of aliphatic carboxylic acids is 1. The lowest BCUT2D eigenvalue weighted by atomic mass is 10.1. The van der Waals surface area contributed by atoms with Crippen LogP contribution in [0.4, 0.5) is 8.78 Å². The average Bonchev–Trinajstić information content (AvgIpc) is 2.41. The molecule has 0 saturated heterocycles. The summed E-state index contributed by atoms with van der Waals surface area (Å²) in [4.78, 5) is 24.0. The van der Waals surface area contributed by atoms with Crippen LogP contribution in [0.15, 0.2) is 18.2 Å². The molecule has 0 radical (unpaired) electrons. The van der Waals surface area contributed by atoms with E-state index in [9.17, 15) is 18.4 Å². The summed E-state index contributed by atoms with van der Waals surface area (Å²) in [5.74, 6) is -2.74. The fourth-order valence-corrected chi connectivity index (χ4v) is 1.96. The summed E-state index contributed by atoms with van der Waals surface area (Å²) in [5.41, 5.74) is -0.0810. The van der Waals surface area contributed by atoms with Gasteiger partial charge in [-0.25, -0.2) is 8.78 Å². The zero-order valence-corrected chi connectivity index (χ0v) is 12.8. The van der Waals surface area contributed by atoms with Gasteiger partial charge < -0.3 is 10.4 Å². The first-order chi connectivity index (χ1) is 10.2. The van der Waals surface area contributed by atoms with Crippen molar-refractivity contribution in [3.63, 3.8) is 0 Å². The van der Waals surface area contributed by atoms with Gasteiger partial charge >= 0.3 is 5.97 Å². The van der Waals surface area contributed by atoms with Crippen LogP contribution in [0.5, 0.6) is 0 Å². The van der Waals surface area contributed by atoms with Crippen LogP contribution in [0.25, 0.3) is 0 Å². The van der Waals surface area contributed by atoms with Crippen LogP contribution in [0.3, 0.4) is 0 Å². The van der Waals surface area contributed by atoms with Crippen molar-refractivity contribution in [3.05, 3.63) is 35.4 Å². The van der Waals surface area contributed by atoms with Crippen molar-refractivity contribution in [2.24, 2.45) is 0 Å². The molecule has 2 atom stereocenters. The molecule has 0 bridgehead atoms. The highest BCUT2D eigenvalue weighted by molar-refractivity contribution is 5.80. The highest BCUT2D eigenvalue weighted by atomic mass is 19.1. The number of amides is 1. The van der Waals surface area contributed by atoms with Crippen LogP contribution < -0.4 is 5.32 Å². The van der Waals surface area contributed by atoms with E-state index in [1.807, 2.05) is 0 Å². The molecule has 0 saturated carbocycles. The van der Waals surface area contributed by atoms with E-state index < -0.39 is 35.6 Å². The van der Waals surface area contributed by atoms with E-state index >= 15 is 0 Å². The Morgan fingerprint density at radius 2 is 1.82 bits per heavy atom. The Balaban J connectivity index is 2.56. The van der Waals surface area contributed by atoms with Crippen molar-refractivity contribution >= 4 is 11.9 Å². The molecule has 0 spiro atoms. The molecule has 1 aromatic rings. The molecule has 22 heavy (non-hydrogen) atoms. The zero-order valence-electron chi connectivity index (χ0n) is 12.8. The first kappa shape index (κ1) is 18.0. The van der Waals surface area contributed by atoms with Gasteiger partial charge in [-0.2, -0.15) is 0 Å². The zero-order chi connectivity index (χ0) is 16.9. The van der Waals surface area contributed by atoms with Crippen LogP contribution in [0.2, 0.25) is 0 Å². The molecule has 0 aliphatic heterocycles. The largest absolute Gasteiger partial charge is 0.480 e. The summed E-state index contributed by atoms with van der Waals surface area (Å²) in [6.45, 7) is 2.98. The van der Waals surface area contributed by atoms with Crippen LogP contribution in [0.1, 0.15) is 19.4 Å². The molecule has 0 aromatic heterocycles. The number of carbonyl (C=O) groups is 2. The molecule has 1 amide bonds. The Hall–Kier alpha value is -2.02. The standard InChI is InChI=1S/C15H20F2N2O3/c1-9(7-11-12(16)5-4-6-13(11)17)18-14(20)8-19(3)10(2)15(21)22/h4-6,9-10H,7-8H2,1-3H3,(H,18,20)(H,21,22). The van der Waals surface area contributed by atoms with Crippen LogP contribution >= 0.6 is 0 Å². The second-order valence-corrected chi connectivity index (χ2v) is 5.30. The monoisotopic (exact) mass is 314 g/mol. The van der Waals surface area contributed by atoms with Crippen molar-refractivity contribution in [2.75, 3.05) is 13.6 Å². The quantitative estimate of drug-likeness (QED) is 0.798. The van der Waals surface area contributed by atoms with Gasteiger partial charge in [-0.15, -0.1) is 0 Å². The first-order valence-corrected chi connectivity index (χ1v) is 6.87. The van der Waals surface area contributed by atoms with Gasteiger partial charge in [0.25, 0.3) is 0 Å². The molecule has 0 aliphatic carbocycles. The fraction of sp³-hybridized carbons (Fsp3) is 0.467. The number of likely N-dealkylation sites (N-methyl/N-ethyl adjacent to an activating group) is 1. The third-order valence-corrected chi connectivity index (χ3v) is 3.39. The third kappa shape index (κ3) is 5.07. The van der Waals surface area contributed by atoms with Crippen LogP contribution in [-0.4, -0.2) is 47.6 Å².